The summed E-state index contributed by atoms with van der Waals surface area (Å²) in [6, 6.07) is 13.2. The SMILES string of the molecule is CC(Cn1ccc2c1CCCC2N)c1ccccc1. The lowest BCUT2D eigenvalue weighted by Gasteiger charge is -2.22. The van der Waals surface area contributed by atoms with Crippen molar-refractivity contribution in [3.05, 3.63) is 59.4 Å². The Kier molecular flexibility index (Phi) is 3.43. The maximum absolute atomic E-state index is 6.19. The predicted octanol–water partition coefficient (Wildman–Crippen LogP) is 3.63. The van der Waals surface area contributed by atoms with Crippen molar-refractivity contribution in [3.63, 3.8) is 0 Å². The summed E-state index contributed by atoms with van der Waals surface area (Å²) in [5, 5.41) is 0. The minimum atomic E-state index is 0.247. The first-order valence-corrected chi connectivity index (χ1v) is 7.24. The molecule has 0 aliphatic heterocycles. The smallest absolute Gasteiger partial charge is 0.0312 e. The van der Waals surface area contributed by atoms with Gasteiger partial charge in [0.1, 0.15) is 0 Å². The fraction of sp³-hybridized carbons (Fsp3) is 0.412. The highest BCUT2D eigenvalue weighted by Crippen LogP contribution is 2.30. The molecule has 2 atom stereocenters. The fourth-order valence-electron chi connectivity index (χ4n) is 3.15. The van der Waals surface area contributed by atoms with Gasteiger partial charge < -0.3 is 10.3 Å². The van der Waals surface area contributed by atoms with E-state index >= 15 is 0 Å². The van der Waals surface area contributed by atoms with Crippen LogP contribution in [0, 0.1) is 0 Å². The molecule has 0 saturated carbocycles. The zero-order valence-corrected chi connectivity index (χ0v) is 11.5. The Balaban J connectivity index is 1.81. The van der Waals surface area contributed by atoms with E-state index in [1.54, 1.807) is 0 Å². The Morgan fingerprint density at radius 1 is 1.26 bits per heavy atom. The Labute approximate surface area is 115 Å². The van der Waals surface area contributed by atoms with Crippen molar-refractivity contribution in [2.75, 3.05) is 0 Å². The summed E-state index contributed by atoms with van der Waals surface area (Å²) >= 11 is 0. The summed E-state index contributed by atoms with van der Waals surface area (Å²) in [5.74, 6) is 0.538. The van der Waals surface area contributed by atoms with Gasteiger partial charge in [0, 0.05) is 24.5 Å². The molecule has 3 rings (SSSR count). The Morgan fingerprint density at radius 3 is 2.84 bits per heavy atom. The molecule has 0 saturated heterocycles. The molecule has 2 nitrogen and oxygen atoms in total. The molecule has 0 radical (unpaired) electrons. The van der Waals surface area contributed by atoms with E-state index in [1.165, 1.54) is 29.7 Å². The van der Waals surface area contributed by atoms with Crippen LogP contribution in [0.4, 0.5) is 0 Å². The lowest BCUT2D eigenvalue weighted by atomic mass is 9.93. The van der Waals surface area contributed by atoms with Crippen LogP contribution in [0.15, 0.2) is 42.6 Å². The number of aromatic nitrogens is 1. The zero-order chi connectivity index (χ0) is 13.2. The van der Waals surface area contributed by atoms with E-state index in [2.05, 4.69) is 54.1 Å². The highest BCUT2D eigenvalue weighted by Gasteiger charge is 2.20. The van der Waals surface area contributed by atoms with Gasteiger partial charge in [-0.2, -0.15) is 0 Å². The average molecular weight is 254 g/mol. The summed E-state index contributed by atoms with van der Waals surface area (Å²) in [4.78, 5) is 0. The molecular formula is C17H22N2. The van der Waals surface area contributed by atoms with Gasteiger partial charge in [-0.1, -0.05) is 37.3 Å². The van der Waals surface area contributed by atoms with Gasteiger partial charge in [-0.05, 0) is 42.4 Å². The van der Waals surface area contributed by atoms with Crippen molar-refractivity contribution in [2.45, 2.75) is 44.7 Å². The van der Waals surface area contributed by atoms with E-state index in [0.717, 1.165) is 13.0 Å². The molecule has 0 spiro atoms. The van der Waals surface area contributed by atoms with Crippen LogP contribution in [0.2, 0.25) is 0 Å². The van der Waals surface area contributed by atoms with Crippen molar-refractivity contribution in [1.82, 2.24) is 4.57 Å². The van der Waals surface area contributed by atoms with E-state index in [9.17, 15) is 0 Å². The van der Waals surface area contributed by atoms with Gasteiger partial charge in [0.05, 0.1) is 0 Å². The average Bonchev–Trinajstić information content (AvgIpc) is 2.84. The van der Waals surface area contributed by atoms with E-state index in [4.69, 9.17) is 5.73 Å². The predicted molar refractivity (Wildman–Crippen MR) is 79.2 cm³/mol. The maximum Gasteiger partial charge on any atom is 0.0312 e. The van der Waals surface area contributed by atoms with Gasteiger partial charge in [0.25, 0.3) is 0 Å². The van der Waals surface area contributed by atoms with Crippen molar-refractivity contribution >= 4 is 0 Å². The molecule has 1 aromatic heterocycles. The van der Waals surface area contributed by atoms with Crippen LogP contribution in [0.25, 0.3) is 0 Å². The molecule has 2 heteroatoms. The second kappa shape index (κ2) is 5.22. The number of hydrogen-bond acceptors (Lipinski definition) is 1. The third kappa shape index (κ3) is 2.45. The third-order valence-electron chi connectivity index (χ3n) is 4.28. The second-order valence-corrected chi connectivity index (χ2v) is 5.68. The van der Waals surface area contributed by atoms with Gasteiger partial charge in [-0.3, -0.25) is 0 Å². The van der Waals surface area contributed by atoms with Gasteiger partial charge in [0.15, 0.2) is 0 Å². The van der Waals surface area contributed by atoms with Crippen LogP contribution in [-0.4, -0.2) is 4.57 Å². The van der Waals surface area contributed by atoms with Gasteiger partial charge in [0.2, 0.25) is 0 Å². The normalized spacial score (nSPS) is 20.0. The number of nitrogens with two attached hydrogens (primary N) is 1. The van der Waals surface area contributed by atoms with Crippen LogP contribution in [0.5, 0.6) is 0 Å². The number of nitrogens with zero attached hydrogens (tertiary/aromatic N) is 1. The quantitative estimate of drug-likeness (QED) is 0.891. The maximum atomic E-state index is 6.19. The molecule has 100 valence electrons. The Bertz CT molecular complexity index is 542. The van der Waals surface area contributed by atoms with E-state index in [-0.39, 0.29) is 6.04 Å². The standard InChI is InChI=1S/C17H22N2/c1-13(14-6-3-2-4-7-14)12-19-11-10-15-16(18)8-5-9-17(15)19/h2-4,6-7,10-11,13,16H,5,8-9,12,18H2,1H3. The second-order valence-electron chi connectivity index (χ2n) is 5.68. The lowest BCUT2D eigenvalue weighted by Crippen LogP contribution is -2.19. The molecule has 0 amide bonds. The summed E-state index contributed by atoms with van der Waals surface area (Å²) < 4.78 is 2.41. The number of hydrogen-bond donors (Lipinski definition) is 1. The topological polar surface area (TPSA) is 30.9 Å². The molecule has 1 heterocycles. The van der Waals surface area contributed by atoms with E-state index in [1.807, 2.05) is 0 Å². The van der Waals surface area contributed by atoms with Crippen LogP contribution < -0.4 is 5.73 Å². The molecule has 0 fully saturated rings. The molecule has 2 unspecified atom stereocenters. The molecule has 1 aromatic carbocycles. The van der Waals surface area contributed by atoms with Crippen molar-refractivity contribution in [2.24, 2.45) is 5.73 Å². The van der Waals surface area contributed by atoms with E-state index < -0.39 is 0 Å². The Hall–Kier alpha value is -1.54. The number of benzene rings is 1. The molecular weight excluding hydrogens is 232 g/mol. The molecule has 1 aliphatic carbocycles. The first kappa shape index (κ1) is 12.5. The van der Waals surface area contributed by atoms with Gasteiger partial charge >= 0.3 is 0 Å². The highest BCUT2D eigenvalue weighted by molar-refractivity contribution is 5.29. The summed E-state index contributed by atoms with van der Waals surface area (Å²) in [6.45, 7) is 3.34. The summed E-state index contributed by atoms with van der Waals surface area (Å²) in [5.41, 5.74) is 10.4. The largest absolute Gasteiger partial charge is 0.350 e. The highest BCUT2D eigenvalue weighted by atomic mass is 15.0. The molecule has 0 bridgehead atoms. The summed E-state index contributed by atoms with van der Waals surface area (Å²) in [6.07, 6.45) is 5.75. The third-order valence-corrected chi connectivity index (χ3v) is 4.28. The van der Waals surface area contributed by atoms with Crippen LogP contribution in [0.1, 0.15) is 48.5 Å². The number of fused-ring (bicyclic) bond motifs is 1. The molecule has 2 N–H and O–H groups in total. The van der Waals surface area contributed by atoms with Crippen LogP contribution in [0.3, 0.4) is 0 Å². The lowest BCUT2D eigenvalue weighted by molar-refractivity contribution is 0.520. The fourth-order valence-corrected chi connectivity index (χ4v) is 3.15. The number of rotatable bonds is 3. The monoisotopic (exact) mass is 254 g/mol. The van der Waals surface area contributed by atoms with E-state index in [0.29, 0.717) is 5.92 Å². The molecule has 19 heavy (non-hydrogen) atoms. The van der Waals surface area contributed by atoms with Gasteiger partial charge in [-0.15, -0.1) is 0 Å². The minimum Gasteiger partial charge on any atom is -0.350 e. The van der Waals surface area contributed by atoms with Crippen LogP contribution in [-0.2, 0) is 13.0 Å². The van der Waals surface area contributed by atoms with Crippen LogP contribution >= 0.6 is 0 Å². The molecule has 2 aromatic rings. The van der Waals surface area contributed by atoms with Gasteiger partial charge in [-0.25, -0.2) is 0 Å². The first-order valence-electron chi connectivity index (χ1n) is 7.24. The summed E-state index contributed by atoms with van der Waals surface area (Å²) in [7, 11) is 0. The Morgan fingerprint density at radius 2 is 2.05 bits per heavy atom. The van der Waals surface area contributed by atoms with Crippen molar-refractivity contribution < 1.29 is 0 Å². The van der Waals surface area contributed by atoms with Crippen molar-refractivity contribution in [1.29, 1.82) is 0 Å². The zero-order valence-electron chi connectivity index (χ0n) is 11.5. The van der Waals surface area contributed by atoms with Crippen molar-refractivity contribution in [3.8, 4) is 0 Å². The minimum absolute atomic E-state index is 0.247. The molecule has 1 aliphatic rings. The first-order chi connectivity index (χ1) is 9.25.